The summed E-state index contributed by atoms with van der Waals surface area (Å²) in [4.78, 5) is 38.3. The molecule has 1 amide bonds. The Hall–Kier alpha value is -2.67. The summed E-state index contributed by atoms with van der Waals surface area (Å²) in [5.41, 5.74) is -0.292. The Morgan fingerprint density at radius 1 is 1.22 bits per heavy atom. The Kier molecular flexibility index (Phi) is 4.07. The number of nitrogens with zero attached hydrogens (tertiary/aromatic N) is 1. The summed E-state index contributed by atoms with van der Waals surface area (Å²) < 4.78 is 5.81. The van der Waals surface area contributed by atoms with Crippen molar-refractivity contribution in [3.8, 4) is 0 Å². The van der Waals surface area contributed by atoms with Crippen molar-refractivity contribution in [2.24, 2.45) is 11.8 Å². The van der Waals surface area contributed by atoms with Gasteiger partial charge in [-0.05, 0) is 25.3 Å². The van der Waals surface area contributed by atoms with Crippen molar-refractivity contribution in [1.29, 1.82) is 0 Å². The molecule has 0 saturated carbocycles. The summed E-state index contributed by atoms with van der Waals surface area (Å²) in [7, 11) is 0. The molecule has 1 aromatic carbocycles. The van der Waals surface area contributed by atoms with E-state index in [1.807, 2.05) is 30.3 Å². The molecule has 6 atom stereocenters. The van der Waals surface area contributed by atoms with Crippen molar-refractivity contribution in [2.45, 2.75) is 43.6 Å². The van der Waals surface area contributed by atoms with Gasteiger partial charge in [0.25, 0.3) is 0 Å². The number of aryl methyl sites for hydroxylation is 1. The summed E-state index contributed by atoms with van der Waals surface area (Å²) in [6.07, 6.45) is 3.68. The highest BCUT2D eigenvalue weighted by molar-refractivity contribution is 5.97. The highest BCUT2D eigenvalue weighted by atomic mass is 16.5. The largest absolute Gasteiger partial charge is 0.481 e. The maximum absolute atomic E-state index is 13.1. The lowest BCUT2D eigenvalue weighted by Gasteiger charge is -2.33. The van der Waals surface area contributed by atoms with E-state index in [9.17, 15) is 24.6 Å². The Morgan fingerprint density at radius 3 is 2.56 bits per heavy atom. The van der Waals surface area contributed by atoms with Crippen LogP contribution in [-0.2, 0) is 25.5 Å². The van der Waals surface area contributed by atoms with Gasteiger partial charge in [0.1, 0.15) is 11.5 Å². The lowest BCUT2D eigenvalue weighted by Crippen LogP contribution is -2.52. The fourth-order valence-corrected chi connectivity index (χ4v) is 4.80. The maximum Gasteiger partial charge on any atom is 0.329 e. The number of rotatable bonds is 6. The summed E-state index contributed by atoms with van der Waals surface area (Å²) in [6.45, 7) is 1.81. The molecule has 27 heavy (non-hydrogen) atoms. The van der Waals surface area contributed by atoms with Crippen LogP contribution in [0.2, 0.25) is 0 Å². The zero-order chi connectivity index (χ0) is 19.3. The van der Waals surface area contributed by atoms with Crippen LogP contribution in [0.25, 0.3) is 0 Å². The van der Waals surface area contributed by atoms with Crippen LogP contribution in [0, 0.1) is 11.8 Å². The summed E-state index contributed by atoms with van der Waals surface area (Å²) >= 11 is 0. The quantitative estimate of drug-likeness (QED) is 0.731. The van der Waals surface area contributed by atoms with Gasteiger partial charge in [-0.2, -0.15) is 0 Å². The zero-order valence-electron chi connectivity index (χ0n) is 14.8. The molecule has 0 aliphatic carbocycles. The van der Waals surface area contributed by atoms with Crippen molar-refractivity contribution in [2.75, 3.05) is 0 Å². The van der Waals surface area contributed by atoms with E-state index in [2.05, 4.69) is 0 Å². The van der Waals surface area contributed by atoms with Crippen LogP contribution in [0.5, 0.6) is 0 Å². The van der Waals surface area contributed by atoms with Gasteiger partial charge in [-0.1, -0.05) is 42.5 Å². The third-order valence-electron chi connectivity index (χ3n) is 6.00. The molecule has 3 aliphatic heterocycles. The SMILES string of the molecule is CC(CCc1ccccc1)N1C(=O)C2C(C(=O)O)C3C=CC2(O3)C1C(=O)O. The van der Waals surface area contributed by atoms with Gasteiger partial charge in [0.15, 0.2) is 6.04 Å². The van der Waals surface area contributed by atoms with Gasteiger partial charge in [0, 0.05) is 6.04 Å². The molecule has 7 nitrogen and oxygen atoms in total. The average Bonchev–Trinajstić information content (AvgIpc) is 3.27. The van der Waals surface area contributed by atoms with Crippen LogP contribution >= 0.6 is 0 Å². The van der Waals surface area contributed by atoms with E-state index in [1.54, 1.807) is 19.1 Å². The number of aliphatic carboxylic acids is 2. The Balaban J connectivity index is 1.63. The number of carboxylic acids is 2. The Morgan fingerprint density at radius 2 is 1.93 bits per heavy atom. The maximum atomic E-state index is 13.1. The van der Waals surface area contributed by atoms with Gasteiger partial charge in [-0.25, -0.2) is 4.79 Å². The number of hydrogen-bond acceptors (Lipinski definition) is 4. The van der Waals surface area contributed by atoms with Crippen LogP contribution in [-0.4, -0.2) is 56.7 Å². The molecule has 1 aromatic rings. The van der Waals surface area contributed by atoms with Crippen LogP contribution < -0.4 is 0 Å². The molecule has 2 N–H and O–H groups in total. The first-order valence-corrected chi connectivity index (χ1v) is 9.05. The van der Waals surface area contributed by atoms with Gasteiger partial charge < -0.3 is 19.8 Å². The number of ether oxygens (including phenoxy) is 1. The lowest BCUT2D eigenvalue weighted by molar-refractivity contribution is -0.155. The topological polar surface area (TPSA) is 104 Å². The van der Waals surface area contributed by atoms with Crippen LogP contribution in [0.3, 0.4) is 0 Å². The second kappa shape index (κ2) is 6.20. The molecule has 2 saturated heterocycles. The number of likely N-dealkylation sites (tertiary alicyclic amines) is 1. The van der Waals surface area contributed by atoms with Gasteiger partial charge in [-0.15, -0.1) is 0 Å². The van der Waals surface area contributed by atoms with E-state index in [4.69, 9.17) is 4.74 Å². The zero-order valence-corrected chi connectivity index (χ0v) is 14.8. The number of fused-ring (bicyclic) bond motifs is 1. The number of amides is 1. The normalized spacial score (nSPS) is 34.7. The number of carboxylic acid groups (broad SMARTS) is 2. The van der Waals surface area contributed by atoms with Crippen molar-refractivity contribution in [3.05, 3.63) is 48.0 Å². The highest BCUT2D eigenvalue weighted by Crippen LogP contribution is 2.55. The second-order valence-corrected chi connectivity index (χ2v) is 7.50. The van der Waals surface area contributed by atoms with Crippen LogP contribution in [0.15, 0.2) is 42.5 Å². The average molecular weight is 371 g/mol. The minimum absolute atomic E-state index is 0.357. The molecule has 4 rings (SSSR count). The van der Waals surface area contributed by atoms with Crippen molar-refractivity contribution < 1.29 is 29.3 Å². The van der Waals surface area contributed by atoms with Gasteiger partial charge in [0.2, 0.25) is 5.91 Å². The predicted octanol–water partition coefficient (Wildman–Crippen LogP) is 1.33. The van der Waals surface area contributed by atoms with Crippen molar-refractivity contribution in [3.63, 3.8) is 0 Å². The van der Waals surface area contributed by atoms with Crippen LogP contribution in [0.4, 0.5) is 0 Å². The summed E-state index contributed by atoms with van der Waals surface area (Å²) in [5.74, 6) is -4.79. The summed E-state index contributed by atoms with van der Waals surface area (Å²) in [6, 6.07) is 8.17. The van der Waals surface area contributed by atoms with Crippen molar-refractivity contribution in [1.82, 2.24) is 4.90 Å². The lowest BCUT2D eigenvalue weighted by atomic mass is 9.75. The molecule has 0 radical (unpaired) electrons. The van der Waals surface area contributed by atoms with E-state index in [-0.39, 0.29) is 6.04 Å². The molecule has 3 aliphatic rings. The Bertz CT molecular complexity index is 821. The number of carbonyl (C=O) groups excluding carboxylic acids is 1. The predicted molar refractivity (Wildman–Crippen MR) is 93.9 cm³/mol. The third-order valence-corrected chi connectivity index (χ3v) is 6.00. The first-order chi connectivity index (χ1) is 12.9. The van der Waals surface area contributed by atoms with E-state index >= 15 is 0 Å². The van der Waals surface area contributed by atoms with E-state index < -0.39 is 47.4 Å². The molecule has 2 fully saturated rings. The number of hydrogen-bond donors (Lipinski definition) is 2. The first-order valence-electron chi connectivity index (χ1n) is 9.05. The van der Waals surface area contributed by atoms with Gasteiger partial charge in [0.05, 0.1) is 12.0 Å². The molecule has 2 bridgehead atoms. The summed E-state index contributed by atoms with van der Waals surface area (Å²) in [5, 5.41) is 19.4. The number of benzene rings is 1. The van der Waals surface area contributed by atoms with Gasteiger partial charge in [-0.3, -0.25) is 9.59 Å². The fourth-order valence-electron chi connectivity index (χ4n) is 4.80. The molecule has 142 valence electrons. The van der Waals surface area contributed by atoms with Gasteiger partial charge >= 0.3 is 11.9 Å². The molecular weight excluding hydrogens is 350 g/mol. The first kappa shape index (κ1) is 17.7. The second-order valence-electron chi connectivity index (χ2n) is 7.50. The van der Waals surface area contributed by atoms with E-state index in [1.165, 1.54) is 4.90 Å². The highest BCUT2D eigenvalue weighted by Gasteiger charge is 2.73. The van der Waals surface area contributed by atoms with Crippen molar-refractivity contribution >= 4 is 17.8 Å². The van der Waals surface area contributed by atoms with E-state index in [0.29, 0.717) is 12.8 Å². The minimum Gasteiger partial charge on any atom is -0.481 e. The number of carbonyl (C=O) groups is 3. The van der Waals surface area contributed by atoms with Crippen LogP contribution in [0.1, 0.15) is 18.9 Å². The monoisotopic (exact) mass is 371 g/mol. The standard InChI is InChI=1S/C20H21NO6/c1-11(7-8-12-5-3-2-4-6-12)21-16(19(25)26)20-10-9-13(27-20)14(18(23)24)15(20)17(21)22/h2-6,9-11,13-16H,7-8H2,1H3,(H,23,24)(H,25,26). The fraction of sp³-hybridized carbons (Fsp3) is 0.450. The smallest absolute Gasteiger partial charge is 0.329 e. The molecular formula is C20H21NO6. The molecule has 6 unspecified atom stereocenters. The Labute approximate surface area is 156 Å². The molecule has 0 aromatic heterocycles. The van der Waals surface area contributed by atoms with E-state index in [0.717, 1.165) is 5.56 Å². The molecule has 1 spiro atoms. The molecule has 3 heterocycles. The third kappa shape index (κ3) is 2.49. The molecule has 7 heteroatoms. The minimum atomic E-state index is -1.39.